The third-order valence-electron chi connectivity index (χ3n) is 4.64. The summed E-state index contributed by atoms with van der Waals surface area (Å²) >= 11 is 0. The summed E-state index contributed by atoms with van der Waals surface area (Å²) in [6.07, 6.45) is 3.59. The number of carbonyl (C=O) groups excluding carboxylic acids is 1. The number of aromatic nitrogens is 2. The molecule has 0 aliphatic rings. The second-order valence-corrected chi connectivity index (χ2v) is 6.61. The molecular weight excluding hydrogens is 440 g/mol. The molecule has 0 atom stereocenters. The van der Waals surface area contributed by atoms with Gasteiger partial charge in [0, 0.05) is 11.1 Å². The van der Waals surface area contributed by atoms with Crippen molar-refractivity contribution in [3.05, 3.63) is 108 Å². The monoisotopic (exact) mass is 460 g/mol. The Bertz CT molecular complexity index is 1140. The van der Waals surface area contributed by atoms with Crippen LogP contribution in [-0.2, 0) is 6.54 Å². The van der Waals surface area contributed by atoms with Crippen molar-refractivity contribution >= 4 is 17.9 Å². The molecule has 150 valence electrons. The lowest BCUT2D eigenvalue weighted by Gasteiger charge is -2.04. The lowest BCUT2D eigenvalue weighted by molar-refractivity contribution is -0.657. The molecule has 30 heavy (non-hydrogen) atoms. The van der Waals surface area contributed by atoms with Crippen molar-refractivity contribution in [1.82, 2.24) is 4.68 Å². The van der Waals surface area contributed by atoms with Crippen LogP contribution < -0.4 is 27.3 Å². The van der Waals surface area contributed by atoms with Crippen LogP contribution in [0.2, 0.25) is 0 Å². The SMILES string of the molecule is Nc1n(N=Cc2ccccc2)cc(-c2ccccc2)[n+]1CC(=O)c1ccccc1.[Br-]. The quantitative estimate of drug-likeness (QED) is 0.262. The van der Waals surface area contributed by atoms with Crippen LogP contribution in [0.15, 0.2) is 102 Å². The summed E-state index contributed by atoms with van der Waals surface area (Å²) in [4.78, 5) is 12.8. The van der Waals surface area contributed by atoms with E-state index in [9.17, 15) is 4.79 Å². The molecule has 1 aromatic heterocycles. The van der Waals surface area contributed by atoms with E-state index in [4.69, 9.17) is 5.73 Å². The fourth-order valence-electron chi connectivity index (χ4n) is 3.12. The van der Waals surface area contributed by atoms with Crippen LogP contribution in [0.1, 0.15) is 15.9 Å². The maximum atomic E-state index is 12.8. The minimum absolute atomic E-state index is 0. The van der Waals surface area contributed by atoms with Crippen molar-refractivity contribution in [2.24, 2.45) is 5.10 Å². The van der Waals surface area contributed by atoms with Crippen molar-refractivity contribution in [2.75, 3.05) is 5.73 Å². The van der Waals surface area contributed by atoms with Crippen molar-refractivity contribution in [2.45, 2.75) is 6.54 Å². The van der Waals surface area contributed by atoms with E-state index in [1.807, 2.05) is 97.2 Å². The summed E-state index contributed by atoms with van der Waals surface area (Å²) in [5.41, 5.74) is 9.81. The first-order valence-electron chi connectivity index (χ1n) is 9.36. The van der Waals surface area contributed by atoms with Gasteiger partial charge in [0.15, 0.2) is 5.78 Å². The zero-order valence-electron chi connectivity index (χ0n) is 16.2. The van der Waals surface area contributed by atoms with E-state index in [2.05, 4.69) is 5.10 Å². The molecule has 0 saturated carbocycles. The number of nitrogens with two attached hydrogens (primary N) is 1. The lowest BCUT2D eigenvalue weighted by Crippen LogP contribution is -3.00. The van der Waals surface area contributed by atoms with E-state index in [0.29, 0.717) is 11.5 Å². The smallest absolute Gasteiger partial charge is 0.380 e. The van der Waals surface area contributed by atoms with E-state index in [1.54, 1.807) is 15.5 Å². The van der Waals surface area contributed by atoms with Gasteiger partial charge in [0.2, 0.25) is 0 Å². The lowest BCUT2D eigenvalue weighted by atomic mass is 10.1. The third kappa shape index (κ3) is 4.72. The predicted molar refractivity (Wildman–Crippen MR) is 115 cm³/mol. The van der Waals surface area contributed by atoms with E-state index in [-0.39, 0.29) is 29.3 Å². The van der Waals surface area contributed by atoms with Crippen LogP contribution in [0.3, 0.4) is 0 Å². The minimum Gasteiger partial charge on any atom is -1.00 e. The van der Waals surface area contributed by atoms with Gasteiger partial charge in [-0.15, -0.1) is 9.78 Å². The maximum Gasteiger partial charge on any atom is 0.380 e. The second kappa shape index (κ2) is 9.80. The molecule has 0 bridgehead atoms. The Labute approximate surface area is 185 Å². The fraction of sp³-hybridized carbons (Fsp3) is 0.0417. The molecule has 0 saturated heterocycles. The number of hydrogen-bond acceptors (Lipinski definition) is 3. The molecule has 2 N–H and O–H groups in total. The number of imidazole rings is 1. The van der Waals surface area contributed by atoms with E-state index >= 15 is 0 Å². The van der Waals surface area contributed by atoms with Crippen molar-refractivity contribution < 1.29 is 26.3 Å². The van der Waals surface area contributed by atoms with Crippen molar-refractivity contribution in [3.63, 3.8) is 0 Å². The number of halogens is 1. The average Bonchev–Trinajstić information content (AvgIpc) is 3.09. The number of ketones is 1. The van der Waals surface area contributed by atoms with Crippen LogP contribution in [0, 0.1) is 0 Å². The number of benzene rings is 3. The van der Waals surface area contributed by atoms with Gasteiger partial charge in [0.05, 0.1) is 6.21 Å². The van der Waals surface area contributed by atoms with E-state index < -0.39 is 0 Å². The van der Waals surface area contributed by atoms with Gasteiger partial charge in [-0.3, -0.25) is 10.5 Å². The Morgan fingerprint density at radius 3 is 2.10 bits per heavy atom. The van der Waals surface area contributed by atoms with Gasteiger partial charge in [0.25, 0.3) is 0 Å². The predicted octanol–water partition coefficient (Wildman–Crippen LogP) is 0.794. The Morgan fingerprint density at radius 1 is 0.900 bits per heavy atom. The molecule has 0 aliphatic heterocycles. The maximum absolute atomic E-state index is 12.8. The molecule has 0 radical (unpaired) electrons. The molecule has 4 aromatic rings. The topological polar surface area (TPSA) is 64.3 Å². The van der Waals surface area contributed by atoms with Gasteiger partial charge in [-0.2, -0.15) is 0 Å². The Hall–Kier alpha value is -3.51. The van der Waals surface area contributed by atoms with Gasteiger partial charge in [-0.05, 0) is 5.56 Å². The molecule has 0 fully saturated rings. The van der Waals surface area contributed by atoms with Crippen LogP contribution in [-0.4, -0.2) is 16.7 Å². The van der Waals surface area contributed by atoms with Gasteiger partial charge in [0.1, 0.15) is 18.4 Å². The highest BCUT2D eigenvalue weighted by molar-refractivity contribution is 5.95. The highest BCUT2D eigenvalue weighted by Crippen LogP contribution is 2.18. The molecule has 0 aliphatic carbocycles. The molecule has 4 rings (SSSR count). The van der Waals surface area contributed by atoms with Gasteiger partial charge < -0.3 is 17.0 Å². The first-order chi connectivity index (χ1) is 14.2. The normalized spacial score (nSPS) is 10.7. The molecule has 0 unspecified atom stereocenters. The van der Waals surface area contributed by atoms with E-state index in [1.165, 1.54) is 0 Å². The zero-order valence-corrected chi connectivity index (χ0v) is 17.8. The Kier molecular flexibility index (Phi) is 6.93. The van der Waals surface area contributed by atoms with Crippen LogP contribution in [0.4, 0.5) is 5.95 Å². The number of anilines is 1. The molecule has 0 spiro atoms. The van der Waals surface area contributed by atoms with Gasteiger partial charge >= 0.3 is 5.95 Å². The Balaban J connectivity index is 0.00000256. The number of Topliss-reactive ketones (excluding diaryl/α,β-unsaturated/α-hetero) is 1. The molecule has 0 amide bonds. The van der Waals surface area contributed by atoms with Gasteiger partial charge in [-0.1, -0.05) is 91.0 Å². The van der Waals surface area contributed by atoms with Crippen molar-refractivity contribution in [3.8, 4) is 11.3 Å². The molecule has 6 heteroatoms. The van der Waals surface area contributed by atoms with E-state index in [0.717, 1.165) is 16.8 Å². The number of nitrogens with zero attached hydrogens (tertiary/aromatic N) is 3. The summed E-state index contributed by atoms with van der Waals surface area (Å²) in [6.45, 7) is 0.133. The summed E-state index contributed by atoms with van der Waals surface area (Å²) in [5, 5.41) is 4.50. The summed E-state index contributed by atoms with van der Waals surface area (Å²) < 4.78 is 3.40. The first-order valence-corrected chi connectivity index (χ1v) is 9.36. The molecule has 1 heterocycles. The summed E-state index contributed by atoms with van der Waals surface area (Å²) in [5.74, 6) is 0.379. The first kappa shape index (κ1) is 21.2. The minimum atomic E-state index is -0.00994. The zero-order chi connectivity index (χ0) is 20.1. The highest BCUT2D eigenvalue weighted by atomic mass is 79.9. The fourth-order valence-corrected chi connectivity index (χ4v) is 3.12. The summed E-state index contributed by atoms with van der Waals surface area (Å²) in [6, 6.07) is 28.9. The highest BCUT2D eigenvalue weighted by Gasteiger charge is 2.23. The standard InChI is InChI=1S/C24H20N4O.BrH/c25-24-27(18-23(29)21-14-8-3-9-15-21)22(20-12-6-2-7-13-20)17-28(24)26-16-19-10-4-1-5-11-19;/h1-17,25H,18H2;1H. The summed E-state index contributed by atoms with van der Waals surface area (Å²) in [7, 11) is 0. The third-order valence-corrected chi connectivity index (χ3v) is 4.64. The molecule has 5 nitrogen and oxygen atoms in total. The average molecular weight is 461 g/mol. The Morgan fingerprint density at radius 2 is 1.47 bits per heavy atom. The van der Waals surface area contributed by atoms with Gasteiger partial charge in [-0.25, -0.2) is 4.57 Å². The number of hydrogen-bond donors (Lipinski definition) is 1. The number of nitrogen functional groups attached to an aromatic ring is 1. The second-order valence-electron chi connectivity index (χ2n) is 6.61. The molecule has 3 aromatic carbocycles. The number of rotatable bonds is 6. The largest absolute Gasteiger partial charge is 1.00 e. The molecular formula is C24H21BrN4O. The van der Waals surface area contributed by atoms with Crippen LogP contribution in [0.25, 0.3) is 11.3 Å². The number of carbonyl (C=O) groups is 1. The van der Waals surface area contributed by atoms with Crippen molar-refractivity contribution in [1.29, 1.82) is 0 Å². The van der Waals surface area contributed by atoms with Crippen LogP contribution >= 0.6 is 0 Å². The van der Waals surface area contributed by atoms with Crippen LogP contribution in [0.5, 0.6) is 0 Å².